The van der Waals surface area contributed by atoms with Gasteiger partial charge in [0.05, 0.1) is 17.9 Å². The second-order valence-corrected chi connectivity index (χ2v) is 8.79. The van der Waals surface area contributed by atoms with Crippen molar-refractivity contribution in [2.24, 2.45) is 11.1 Å². The van der Waals surface area contributed by atoms with Gasteiger partial charge in [-0.3, -0.25) is 9.59 Å². The zero-order valence-electron chi connectivity index (χ0n) is 15.4. The average Bonchev–Trinajstić information content (AvgIpc) is 2.94. The SMILES string of the molecule is CN(Cc1ccccc1)C(=O)[C@H]1C[C@H](NC(=O)CCCS(N)(=O)=O)[C@@H](O)C1. The second-order valence-electron chi connectivity index (χ2n) is 7.06. The van der Waals surface area contributed by atoms with Gasteiger partial charge in [-0.1, -0.05) is 30.3 Å². The Labute approximate surface area is 159 Å². The Morgan fingerprint density at radius 1 is 1.26 bits per heavy atom. The van der Waals surface area contributed by atoms with E-state index in [4.69, 9.17) is 5.14 Å². The summed E-state index contributed by atoms with van der Waals surface area (Å²) in [5.41, 5.74) is 1.02. The number of hydrogen-bond acceptors (Lipinski definition) is 5. The van der Waals surface area contributed by atoms with Crippen LogP contribution in [-0.4, -0.2) is 55.2 Å². The number of nitrogens with zero attached hydrogens (tertiary/aromatic N) is 1. The third kappa shape index (κ3) is 6.93. The smallest absolute Gasteiger partial charge is 0.225 e. The predicted octanol–water partition coefficient (Wildman–Crippen LogP) is -0.0306. The first-order chi connectivity index (χ1) is 12.7. The Kier molecular flexibility index (Phi) is 7.34. The van der Waals surface area contributed by atoms with Gasteiger partial charge in [0.15, 0.2) is 0 Å². The molecule has 9 heteroatoms. The summed E-state index contributed by atoms with van der Waals surface area (Å²) in [7, 11) is -1.87. The number of nitrogens with two attached hydrogens (primary N) is 1. The van der Waals surface area contributed by atoms with Gasteiger partial charge in [-0.2, -0.15) is 0 Å². The number of benzene rings is 1. The molecular weight excluding hydrogens is 370 g/mol. The summed E-state index contributed by atoms with van der Waals surface area (Å²) in [5, 5.41) is 17.8. The van der Waals surface area contributed by atoms with Crippen molar-refractivity contribution in [1.82, 2.24) is 10.2 Å². The minimum atomic E-state index is -3.59. The normalized spacial score (nSPS) is 22.4. The van der Waals surface area contributed by atoms with Crippen molar-refractivity contribution in [2.45, 2.75) is 44.4 Å². The summed E-state index contributed by atoms with van der Waals surface area (Å²) in [6.45, 7) is 0.483. The van der Waals surface area contributed by atoms with Crippen LogP contribution in [0.1, 0.15) is 31.2 Å². The van der Waals surface area contributed by atoms with Gasteiger partial charge < -0.3 is 15.3 Å². The van der Waals surface area contributed by atoms with Gasteiger partial charge in [-0.25, -0.2) is 13.6 Å². The molecule has 2 amide bonds. The number of primary sulfonamides is 1. The van der Waals surface area contributed by atoms with Gasteiger partial charge in [0.25, 0.3) is 0 Å². The highest BCUT2D eigenvalue weighted by atomic mass is 32.2. The van der Waals surface area contributed by atoms with Crippen LogP contribution in [0.4, 0.5) is 0 Å². The molecule has 1 aromatic carbocycles. The van der Waals surface area contributed by atoms with Crippen LogP contribution < -0.4 is 10.5 Å². The largest absolute Gasteiger partial charge is 0.391 e. The molecule has 0 heterocycles. The van der Waals surface area contributed by atoms with Crippen LogP contribution in [-0.2, 0) is 26.2 Å². The fourth-order valence-electron chi connectivity index (χ4n) is 3.33. The van der Waals surface area contributed by atoms with Crippen molar-refractivity contribution in [3.05, 3.63) is 35.9 Å². The lowest BCUT2D eigenvalue weighted by Crippen LogP contribution is -2.40. The molecule has 0 spiro atoms. The molecule has 3 atom stereocenters. The number of hydrogen-bond donors (Lipinski definition) is 3. The van der Waals surface area contributed by atoms with E-state index in [9.17, 15) is 23.1 Å². The highest BCUT2D eigenvalue weighted by Crippen LogP contribution is 2.28. The maximum Gasteiger partial charge on any atom is 0.225 e. The van der Waals surface area contributed by atoms with Gasteiger partial charge in [0.2, 0.25) is 21.8 Å². The highest BCUT2D eigenvalue weighted by Gasteiger charge is 2.38. The molecule has 1 aromatic rings. The van der Waals surface area contributed by atoms with Crippen LogP contribution in [0.5, 0.6) is 0 Å². The minimum absolute atomic E-state index is 0.00612. The van der Waals surface area contributed by atoms with E-state index in [0.29, 0.717) is 19.4 Å². The number of carbonyl (C=O) groups is 2. The first-order valence-corrected chi connectivity index (χ1v) is 10.6. The second kappa shape index (κ2) is 9.29. The zero-order chi connectivity index (χ0) is 20.0. The molecule has 1 aliphatic carbocycles. The lowest BCUT2D eigenvalue weighted by molar-refractivity contribution is -0.134. The zero-order valence-corrected chi connectivity index (χ0v) is 16.2. The molecule has 2 rings (SSSR count). The maximum absolute atomic E-state index is 12.6. The summed E-state index contributed by atoms with van der Waals surface area (Å²) in [5.74, 6) is -1.04. The third-order valence-electron chi connectivity index (χ3n) is 4.70. The Balaban J connectivity index is 1.82. The first kappa shape index (κ1) is 21.3. The number of carbonyl (C=O) groups excluding carboxylic acids is 2. The fraction of sp³-hybridized carbons (Fsp3) is 0.556. The number of aliphatic hydroxyl groups is 1. The van der Waals surface area contributed by atoms with E-state index in [0.717, 1.165) is 5.56 Å². The van der Waals surface area contributed by atoms with Crippen molar-refractivity contribution >= 4 is 21.8 Å². The third-order valence-corrected chi connectivity index (χ3v) is 5.55. The Morgan fingerprint density at radius 2 is 1.93 bits per heavy atom. The molecule has 27 heavy (non-hydrogen) atoms. The van der Waals surface area contributed by atoms with Gasteiger partial charge >= 0.3 is 0 Å². The van der Waals surface area contributed by atoms with E-state index in [1.807, 2.05) is 30.3 Å². The van der Waals surface area contributed by atoms with Crippen molar-refractivity contribution in [3.63, 3.8) is 0 Å². The van der Waals surface area contributed by atoms with Crippen LogP contribution in [0.25, 0.3) is 0 Å². The predicted molar refractivity (Wildman–Crippen MR) is 101 cm³/mol. The number of aliphatic hydroxyl groups excluding tert-OH is 1. The summed E-state index contributed by atoms with van der Waals surface area (Å²) in [6.07, 6.45) is -0.0200. The Morgan fingerprint density at radius 3 is 2.56 bits per heavy atom. The van der Waals surface area contributed by atoms with Crippen LogP contribution in [0.3, 0.4) is 0 Å². The topological polar surface area (TPSA) is 130 Å². The van der Waals surface area contributed by atoms with Gasteiger partial charge in [0, 0.05) is 25.9 Å². The summed E-state index contributed by atoms with van der Waals surface area (Å²) in [4.78, 5) is 26.2. The van der Waals surface area contributed by atoms with Crippen molar-refractivity contribution in [2.75, 3.05) is 12.8 Å². The van der Waals surface area contributed by atoms with Crippen molar-refractivity contribution < 1.29 is 23.1 Å². The summed E-state index contributed by atoms with van der Waals surface area (Å²) >= 11 is 0. The van der Waals surface area contributed by atoms with E-state index in [2.05, 4.69) is 5.32 Å². The van der Waals surface area contributed by atoms with Crippen molar-refractivity contribution in [1.29, 1.82) is 0 Å². The molecule has 150 valence electrons. The number of amides is 2. The van der Waals surface area contributed by atoms with E-state index in [-0.39, 0.29) is 36.3 Å². The molecule has 0 radical (unpaired) electrons. The number of nitrogens with one attached hydrogen (secondary N) is 1. The maximum atomic E-state index is 12.6. The molecule has 0 saturated heterocycles. The highest BCUT2D eigenvalue weighted by molar-refractivity contribution is 7.89. The molecule has 1 saturated carbocycles. The molecular formula is C18H27N3O5S. The molecule has 8 nitrogen and oxygen atoms in total. The van der Waals surface area contributed by atoms with E-state index in [1.54, 1.807) is 11.9 Å². The summed E-state index contributed by atoms with van der Waals surface area (Å²) in [6, 6.07) is 9.11. The lowest BCUT2D eigenvalue weighted by Gasteiger charge is -2.21. The van der Waals surface area contributed by atoms with Gasteiger partial charge in [0.1, 0.15) is 0 Å². The fourth-order valence-corrected chi connectivity index (χ4v) is 3.88. The van der Waals surface area contributed by atoms with Gasteiger partial charge in [-0.05, 0) is 24.8 Å². The Hall–Kier alpha value is -1.97. The van der Waals surface area contributed by atoms with Gasteiger partial charge in [-0.15, -0.1) is 0 Å². The van der Waals surface area contributed by atoms with Crippen LogP contribution in [0.2, 0.25) is 0 Å². The van der Waals surface area contributed by atoms with Crippen LogP contribution >= 0.6 is 0 Å². The number of sulfonamides is 1. The van der Waals surface area contributed by atoms with E-state index < -0.39 is 22.2 Å². The molecule has 1 fully saturated rings. The first-order valence-electron chi connectivity index (χ1n) is 8.92. The van der Waals surface area contributed by atoms with E-state index >= 15 is 0 Å². The minimum Gasteiger partial charge on any atom is -0.391 e. The number of rotatable bonds is 8. The van der Waals surface area contributed by atoms with E-state index in [1.165, 1.54) is 0 Å². The standard InChI is InChI=1S/C18H27N3O5S/c1-21(12-13-6-3-2-4-7-13)18(24)14-10-15(16(22)11-14)20-17(23)8-5-9-27(19,25)26/h2-4,6-7,14-16,22H,5,8-12H2,1H3,(H,20,23)(H2,19,25,26)/t14-,15-,16-/m0/s1. The van der Waals surface area contributed by atoms with Crippen LogP contribution in [0, 0.1) is 5.92 Å². The molecule has 0 unspecified atom stereocenters. The molecule has 0 bridgehead atoms. The molecule has 4 N–H and O–H groups in total. The van der Waals surface area contributed by atoms with Crippen molar-refractivity contribution in [3.8, 4) is 0 Å². The monoisotopic (exact) mass is 397 g/mol. The molecule has 0 aromatic heterocycles. The quantitative estimate of drug-likeness (QED) is 0.567. The van der Waals surface area contributed by atoms with Crippen LogP contribution in [0.15, 0.2) is 30.3 Å². The summed E-state index contributed by atoms with van der Waals surface area (Å²) < 4.78 is 21.8. The Bertz CT molecular complexity index is 754. The molecule has 0 aliphatic heterocycles. The average molecular weight is 397 g/mol. The molecule has 1 aliphatic rings. The lowest BCUT2D eigenvalue weighted by atomic mass is 10.1.